The number of nitrogen functional groups attached to an aromatic ring is 3. The van der Waals surface area contributed by atoms with Gasteiger partial charge in [0.1, 0.15) is 5.82 Å². The van der Waals surface area contributed by atoms with E-state index in [-0.39, 0.29) is 30.8 Å². The van der Waals surface area contributed by atoms with E-state index in [4.69, 9.17) is 17.2 Å². The molecule has 0 radical (unpaired) electrons. The first-order valence-corrected chi connectivity index (χ1v) is 7.89. The fraction of sp³-hybridized carbons (Fsp3) is 0.133. The molecule has 6 N–H and O–H groups in total. The van der Waals surface area contributed by atoms with E-state index in [9.17, 15) is 0 Å². The second kappa shape index (κ2) is 8.23. The summed E-state index contributed by atoms with van der Waals surface area (Å²) >= 11 is 1.59. The molecule has 0 amide bonds. The van der Waals surface area contributed by atoms with Gasteiger partial charge in [0.2, 0.25) is 5.95 Å². The van der Waals surface area contributed by atoms with Gasteiger partial charge in [0.05, 0.1) is 11.2 Å². The highest BCUT2D eigenvalue weighted by molar-refractivity contribution is 7.98. The molecule has 2 heterocycles. The fourth-order valence-corrected chi connectivity index (χ4v) is 2.98. The first-order valence-electron chi connectivity index (χ1n) is 6.67. The second-order valence-electron chi connectivity index (χ2n) is 4.87. The summed E-state index contributed by atoms with van der Waals surface area (Å²) in [6.07, 6.45) is 6.00. The molecule has 2 aromatic heterocycles. The Kier molecular flexibility index (Phi) is 6.89. The Morgan fingerprint density at radius 2 is 1.83 bits per heavy atom. The molecular weight excluding hydrogens is 367 g/mol. The highest BCUT2D eigenvalue weighted by Crippen LogP contribution is 2.33. The van der Waals surface area contributed by atoms with E-state index < -0.39 is 0 Å². The lowest BCUT2D eigenvalue weighted by Gasteiger charge is -2.12. The van der Waals surface area contributed by atoms with Crippen molar-refractivity contribution in [2.24, 2.45) is 0 Å². The van der Waals surface area contributed by atoms with Gasteiger partial charge in [-0.15, -0.1) is 36.6 Å². The number of anilines is 3. The lowest BCUT2D eigenvalue weighted by molar-refractivity contribution is 1.09. The van der Waals surface area contributed by atoms with E-state index in [1.807, 2.05) is 18.4 Å². The summed E-state index contributed by atoms with van der Waals surface area (Å²) < 4.78 is 0. The van der Waals surface area contributed by atoms with Crippen LogP contribution in [0.3, 0.4) is 0 Å². The minimum Gasteiger partial charge on any atom is -0.396 e. The minimum absolute atomic E-state index is 0. The predicted molar refractivity (Wildman–Crippen MR) is 106 cm³/mol. The smallest absolute Gasteiger partial charge is 0.221 e. The summed E-state index contributed by atoms with van der Waals surface area (Å²) in [6.45, 7) is 0. The molecule has 0 aliphatic carbocycles. The SMILES string of the molecule is CSc1cc(Cc2cnc(N)nc2N)c2cccnc2c1N.Cl.Cl. The van der Waals surface area contributed by atoms with Crippen LogP contribution in [0.1, 0.15) is 11.1 Å². The zero-order valence-corrected chi connectivity index (χ0v) is 15.3. The van der Waals surface area contributed by atoms with Crippen molar-refractivity contribution >= 4 is 64.9 Å². The van der Waals surface area contributed by atoms with Gasteiger partial charge in [-0.3, -0.25) is 4.98 Å². The van der Waals surface area contributed by atoms with Gasteiger partial charge in [-0.2, -0.15) is 4.98 Å². The van der Waals surface area contributed by atoms with E-state index in [1.54, 1.807) is 24.2 Å². The second-order valence-corrected chi connectivity index (χ2v) is 5.71. The molecule has 0 fully saturated rings. The average molecular weight is 385 g/mol. The Labute approximate surface area is 156 Å². The normalized spacial score (nSPS) is 10.0. The van der Waals surface area contributed by atoms with Crippen LogP contribution in [0.5, 0.6) is 0 Å². The van der Waals surface area contributed by atoms with Crippen LogP contribution in [0, 0.1) is 0 Å². The summed E-state index contributed by atoms with van der Waals surface area (Å²) in [4.78, 5) is 13.4. The van der Waals surface area contributed by atoms with E-state index >= 15 is 0 Å². The summed E-state index contributed by atoms with van der Waals surface area (Å²) in [5.74, 6) is 0.571. The molecular formula is C15H18Cl2N6S. The average Bonchev–Trinajstić information content (AvgIpc) is 2.52. The molecule has 3 aromatic rings. The molecule has 6 nitrogen and oxygen atoms in total. The molecule has 0 saturated heterocycles. The molecule has 9 heteroatoms. The molecule has 24 heavy (non-hydrogen) atoms. The zero-order valence-electron chi connectivity index (χ0n) is 12.9. The maximum Gasteiger partial charge on any atom is 0.221 e. The highest BCUT2D eigenvalue weighted by Gasteiger charge is 2.12. The lowest BCUT2D eigenvalue weighted by Crippen LogP contribution is -2.05. The number of hydrogen-bond acceptors (Lipinski definition) is 7. The van der Waals surface area contributed by atoms with Crippen LogP contribution in [-0.4, -0.2) is 21.2 Å². The van der Waals surface area contributed by atoms with Crippen molar-refractivity contribution in [2.45, 2.75) is 11.3 Å². The number of fused-ring (bicyclic) bond motifs is 1. The largest absolute Gasteiger partial charge is 0.396 e. The lowest BCUT2D eigenvalue weighted by atomic mass is 10.0. The van der Waals surface area contributed by atoms with Crippen LogP contribution in [0.25, 0.3) is 10.9 Å². The van der Waals surface area contributed by atoms with E-state index in [1.165, 1.54) is 0 Å². The first kappa shape index (κ1) is 20.1. The summed E-state index contributed by atoms with van der Waals surface area (Å²) in [5.41, 5.74) is 21.1. The van der Waals surface area contributed by atoms with Crippen molar-refractivity contribution in [3.05, 3.63) is 41.7 Å². The summed E-state index contributed by atoms with van der Waals surface area (Å²) in [6, 6.07) is 5.97. The highest BCUT2D eigenvalue weighted by atomic mass is 35.5. The molecule has 0 aliphatic heterocycles. The molecule has 128 valence electrons. The predicted octanol–water partition coefficient (Wildman–Crippen LogP) is 2.93. The van der Waals surface area contributed by atoms with Crippen molar-refractivity contribution < 1.29 is 0 Å². The van der Waals surface area contributed by atoms with Crippen molar-refractivity contribution in [1.82, 2.24) is 15.0 Å². The number of aromatic nitrogens is 3. The number of halogens is 2. The molecule has 0 atom stereocenters. The Balaban J connectivity index is 0.00000144. The van der Waals surface area contributed by atoms with E-state index in [0.29, 0.717) is 17.9 Å². The molecule has 0 saturated carbocycles. The van der Waals surface area contributed by atoms with Crippen LogP contribution in [0.4, 0.5) is 17.5 Å². The Morgan fingerprint density at radius 3 is 2.50 bits per heavy atom. The number of nitrogens with two attached hydrogens (primary N) is 3. The molecule has 0 aliphatic rings. The first-order chi connectivity index (χ1) is 10.6. The van der Waals surface area contributed by atoms with Crippen molar-refractivity contribution in [2.75, 3.05) is 23.5 Å². The van der Waals surface area contributed by atoms with Crippen molar-refractivity contribution in [3.8, 4) is 0 Å². The van der Waals surface area contributed by atoms with Gasteiger partial charge in [0.25, 0.3) is 0 Å². The van der Waals surface area contributed by atoms with Crippen LogP contribution >= 0.6 is 36.6 Å². The van der Waals surface area contributed by atoms with Crippen LogP contribution in [0.2, 0.25) is 0 Å². The monoisotopic (exact) mass is 384 g/mol. The third-order valence-corrected chi connectivity index (χ3v) is 4.27. The maximum absolute atomic E-state index is 6.19. The van der Waals surface area contributed by atoms with Gasteiger partial charge in [-0.05, 0) is 24.0 Å². The summed E-state index contributed by atoms with van der Waals surface area (Å²) in [7, 11) is 0. The number of thioether (sulfide) groups is 1. The van der Waals surface area contributed by atoms with Gasteiger partial charge in [0.15, 0.2) is 0 Å². The standard InChI is InChI=1S/C15H16N6S.2ClH/c1-22-11-6-8(5-9-7-20-15(18)21-14(9)17)10-3-2-4-19-13(10)12(11)16;;/h2-4,6-7H,5,16H2,1H3,(H4,17,18,20,21);2*1H. The molecule has 3 rings (SSSR count). The van der Waals surface area contributed by atoms with Crippen LogP contribution in [0.15, 0.2) is 35.5 Å². The molecule has 1 aromatic carbocycles. The number of hydrogen-bond donors (Lipinski definition) is 3. The Bertz CT molecular complexity index is 859. The van der Waals surface area contributed by atoms with Crippen molar-refractivity contribution in [3.63, 3.8) is 0 Å². The maximum atomic E-state index is 6.19. The van der Waals surface area contributed by atoms with Crippen LogP contribution < -0.4 is 17.2 Å². The third kappa shape index (κ3) is 3.75. The summed E-state index contributed by atoms with van der Waals surface area (Å²) in [5, 5.41) is 1.01. The number of benzene rings is 1. The zero-order chi connectivity index (χ0) is 15.7. The number of nitrogens with zero attached hydrogens (tertiary/aromatic N) is 3. The number of pyridine rings is 1. The van der Waals surface area contributed by atoms with Gasteiger partial charge in [-0.1, -0.05) is 6.07 Å². The van der Waals surface area contributed by atoms with Gasteiger partial charge < -0.3 is 17.2 Å². The van der Waals surface area contributed by atoms with Gasteiger partial charge in [-0.25, -0.2) is 4.98 Å². The van der Waals surface area contributed by atoms with E-state index in [0.717, 1.165) is 26.9 Å². The van der Waals surface area contributed by atoms with Crippen LogP contribution in [-0.2, 0) is 6.42 Å². The topological polar surface area (TPSA) is 117 Å². The minimum atomic E-state index is 0. The molecule has 0 unspecified atom stereocenters. The van der Waals surface area contributed by atoms with Gasteiger partial charge >= 0.3 is 0 Å². The van der Waals surface area contributed by atoms with E-state index in [2.05, 4.69) is 21.0 Å². The fourth-order valence-electron chi connectivity index (χ4n) is 2.40. The molecule has 0 spiro atoms. The quantitative estimate of drug-likeness (QED) is 0.469. The Hall–Kier alpha value is -1.96. The number of rotatable bonds is 3. The Morgan fingerprint density at radius 1 is 1.08 bits per heavy atom. The van der Waals surface area contributed by atoms with Crippen molar-refractivity contribution in [1.29, 1.82) is 0 Å². The molecule has 0 bridgehead atoms. The van der Waals surface area contributed by atoms with Gasteiger partial charge in [0, 0.05) is 34.7 Å². The third-order valence-electron chi connectivity index (χ3n) is 3.50.